The zero-order chi connectivity index (χ0) is 32.8. The van der Waals surface area contributed by atoms with Crippen molar-refractivity contribution < 1.29 is 14.0 Å². The molecule has 2 amide bonds. The second-order valence-corrected chi connectivity index (χ2v) is 13.1. The molecular weight excluding hydrogens is 609 g/mol. The highest BCUT2D eigenvalue weighted by Gasteiger charge is 2.47. The number of carbonyl (C=O) groups excluding carboxylic acids is 2. The molecule has 2 aromatic carbocycles. The van der Waals surface area contributed by atoms with Crippen LogP contribution in [0.2, 0.25) is 0 Å². The van der Waals surface area contributed by atoms with E-state index in [0.717, 1.165) is 35.1 Å². The van der Waals surface area contributed by atoms with Gasteiger partial charge in [0.2, 0.25) is 17.8 Å². The van der Waals surface area contributed by atoms with Crippen LogP contribution in [0.4, 0.5) is 15.8 Å². The molecule has 48 heavy (non-hydrogen) atoms. The van der Waals surface area contributed by atoms with Gasteiger partial charge in [-0.2, -0.15) is 9.49 Å². The summed E-state index contributed by atoms with van der Waals surface area (Å²) in [5.74, 6) is 0.245. The van der Waals surface area contributed by atoms with E-state index in [1.807, 2.05) is 36.1 Å². The van der Waals surface area contributed by atoms with Gasteiger partial charge in [-0.25, -0.2) is 15.0 Å². The van der Waals surface area contributed by atoms with Crippen molar-refractivity contribution in [2.45, 2.75) is 38.3 Å². The first kappa shape index (κ1) is 30.1. The number of nitrogens with zero attached hydrogens (tertiary/aromatic N) is 7. The van der Waals surface area contributed by atoms with Gasteiger partial charge in [0, 0.05) is 72.2 Å². The highest BCUT2D eigenvalue weighted by molar-refractivity contribution is 6.00. The Balaban J connectivity index is 0.884. The number of rotatable bonds is 8. The molecule has 0 radical (unpaired) electrons. The van der Waals surface area contributed by atoms with Crippen molar-refractivity contribution in [3.05, 3.63) is 85.2 Å². The van der Waals surface area contributed by atoms with E-state index in [1.165, 1.54) is 12.3 Å². The highest BCUT2D eigenvalue weighted by atomic mass is 19.1. The first-order chi connectivity index (χ1) is 23.4. The molecule has 6 heterocycles. The molecule has 3 atom stereocenters. The van der Waals surface area contributed by atoms with Crippen molar-refractivity contribution in [1.29, 1.82) is 0 Å². The predicted octanol–water partition coefficient (Wildman–Crippen LogP) is 4.75. The molecule has 3 aliphatic heterocycles. The minimum Gasteiger partial charge on any atom is -0.365 e. The first-order valence-corrected chi connectivity index (χ1v) is 16.5. The normalized spacial score (nSPS) is 22.1. The van der Waals surface area contributed by atoms with Crippen LogP contribution in [0.3, 0.4) is 0 Å². The Bertz CT molecular complexity index is 1970. The molecule has 0 aliphatic carbocycles. The number of piperazine rings is 1. The van der Waals surface area contributed by atoms with Gasteiger partial charge in [-0.15, -0.1) is 0 Å². The third kappa shape index (κ3) is 5.45. The molecule has 11 nitrogen and oxygen atoms in total. The maximum absolute atomic E-state index is 13.8. The molecule has 3 unspecified atom stereocenters. The minimum atomic E-state index is -0.590. The molecule has 3 saturated heterocycles. The lowest BCUT2D eigenvalue weighted by Gasteiger charge is -2.36. The van der Waals surface area contributed by atoms with Gasteiger partial charge in [-0.3, -0.25) is 19.6 Å². The number of pyridine rings is 1. The molecule has 2 N–H and O–H groups in total. The van der Waals surface area contributed by atoms with Gasteiger partial charge >= 0.3 is 0 Å². The SMILES string of the molecule is CCC1(C(=O)Nc2ccc3[nH]nc(-c4ccc(F)nc4)c3c2)CCN(CC(=O)N2CC3CC2CN3c2ccc(-c3ncccn3)cc2)C1. The summed E-state index contributed by atoms with van der Waals surface area (Å²) in [4.78, 5) is 46.4. The van der Waals surface area contributed by atoms with Crippen LogP contribution in [-0.4, -0.2) is 91.6 Å². The number of fused-ring (bicyclic) bond motifs is 3. The highest BCUT2D eigenvalue weighted by Crippen LogP contribution is 2.38. The Labute approximate surface area is 277 Å². The largest absolute Gasteiger partial charge is 0.365 e. The Hall–Kier alpha value is -5.23. The molecular formula is C36H36FN9O2. The standard InChI is InChI=1S/C36H36FN9O2/c1-2-36(35(48)41-25-7-10-30-29(16-25)33(43-42-30)24-6-11-31(37)40-18-24)12-15-44(22-36)21-32(47)46-20-27-17-28(46)19-45(27)26-8-4-23(5-9-26)34-38-13-3-14-39-34/h3-11,13-14,16,18,27-28H,2,12,15,17,19-22H2,1H3,(H,41,48)(H,42,43). The van der Waals surface area contributed by atoms with Crippen LogP contribution in [0.15, 0.2) is 79.3 Å². The smallest absolute Gasteiger partial charge is 0.237 e. The fraction of sp³-hybridized carbons (Fsp3) is 0.333. The van der Waals surface area contributed by atoms with E-state index in [2.05, 4.69) is 64.5 Å². The molecule has 3 fully saturated rings. The van der Waals surface area contributed by atoms with Crippen LogP contribution < -0.4 is 10.2 Å². The monoisotopic (exact) mass is 645 g/mol. The molecule has 8 rings (SSSR count). The molecule has 0 saturated carbocycles. The number of carbonyl (C=O) groups is 2. The second kappa shape index (κ2) is 12.1. The summed E-state index contributed by atoms with van der Waals surface area (Å²) in [5, 5.41) is 11.3. The average Bonchev–Trinajstić information content (AvgIpc) is 3.93. The number of halogens is 1. The van der Waals surface area contributed by atoms with Crippen molar-refractivity contribution in [3.63, 3.8) is 0 Å². The molecule has 0 spiro atoms. The lowest BCUT2D eigenvalue weighted by molar-refractivity contribution is -0.134. The number of amides is 2. The number of likely N-dealkylation sites (tertiary alicyclic amines) is 2. The topological polar surface area (TPSA) is 123 Å². The number of anilines is 2. The summed E-state index contributed by atoms with van der Waals surface area (Å²) in [6, 6.07) is 19.2. The van der Waals surface area contributed by atoms with E-state index in [-0.39, 0.29) is 17.9 Å². The van der Waals surface area contributed by atoms with Crippen LogP contribution in [-0.2, 0) is 9.59 Å². The lowest BCUT2D eigenvalue weighted by Crippen LogP contribution is -2.51. The van der Waals surface area contributed by atoms with E-state index < -0.39 is 11.4 Å². The van der Waals surface area contributed by atoms with Crippen LogP contribution in [0.1, 0.15) is 26.2 Å². The number of H-pyrrole nitrogens is 1. The zero-order valence-electron chi connectivity index (χ0n) is 26.6. The van der Waals surface area contributed by atoms with E-state index in [4.69, 9.17) is 0 Å². The molecule has 3 aromatic heterocycles. The minimum absolute atomic E-state index is 0.0477. The molecule has 3 aliphatic rings. The zero-order valence-corrected chi connectivity index (χ0v) is 26.6. The number of benzene rings is 2. The number of hydrogen-bond donors (Lipinski definition) is 2. The Kier molecular flexibility index (Phi) is 7.59. The fourth-order valence-corrected chi connectivity index (χ4v) is 7.64. The number of aromatic nitrogens is 5. The third-order valence-electron chi connectivity index (χ3n) is 10.4. The van der Waals surface area contributed by atoms with Crippen molar-refractivity contribution >= 4 is 34.1 Å². The van der Waals surface area contributed by atoms with Crippen LogP contribution in [0, 0.1) is 11.4 Å². The summed E-state index contributed by atoms with van der Waals surface area (Å²) in [6.07, 6.45) is 7.26. The summed E-state index contributed by atoms with van der Waals surface area (Å²) in [5.41, 5.74) is 4.33. The summed E-state index contributed by atoms with van der Waals surface area (Å²) in [7, 11) is 0. The van der Waals surface area contributed by atoms with Crippen molar-refractivity contribution in [3.8, 4) is 22.6 Å². The van der Waals surface area contributed by atoms with E-state index in [9.17, 15) is 14.0 Å². The van der Waals surface area contributed by atoms with Gasteiger partial charge < -0.3 is 15.1 Å². The predicted molar refractivity (Wildman–Crippen MR) is 180 cm³/mol. The quantitative estimate of drug-likeness (QED) is 0.232. The van der Waals surface area contributed by atoms with E-state index in [0.29, 0.717) is 67.8 Å². The number of nitrogens with one attached hydrogen (secondary N) is 2. The number of aromatic amines is 1. The van der Waals surface area contributed by atoms with E-state index in [1.54, 1.807) is 18.5 Å². The summed E-state index contributed by atoms with van der Waals surface area (Å²) >= 11 is 0. The van der Waals surface area contributed by atoms with Gasteiger partial charge in [0.05, 0.1) is 23.5 Å². The van der Waals surface area contributed by atoms with Gasteiger partial charge in [-0.1, -0.05) is 6.92 Å². The first-order valence-electron chi connectivity index (χ1n) is 16.5. The fourth-order valence-electron chi connectivity index (χ4n) is 7.64. The second-order valence-electron chi connectivity index (χ2n) is 13.1. The van der Waals surface area contributed by atoms with Gasteiger partial charge in [0.1, 0.15) is 5.69 Å². The molecule has 244 valence electrons. The Morgan fingerprint density at radius 3 is 2.54 bits per heavy atom. The lowest BCUT2D eigenvalue weighted by atomic mass is 9.83. The maximum Gasteiger partial charge on any atom is 0.237 e. The van der Waals surface area contributed by atoms with Crippen LogP contribution >= 0.6 is 0 Å². The number of hydrogen-bond acceptors (Lipinski definition) is 8. The van der Waals surface area contributed by atoms with E-state index >= 15 is 0 Å². The van der Waals surface area contributed by atoms with Gasteiger partial charge in [0.15, 0.2) is 5.82 Å². The summed E-state index contributed by atoms with van der Waals surface area (Å²) in [6.45, 7) is 5.12. The Morgan fingerprint density at radius 2 is 1.81 bits per heavy atom. The van der Waals surface area contributed by atoms with Crippen molar-refractivity contribution in [2.24, 2.45) is 5.41 Å². The van der Waals surface area contributed by atoms with Crippen LogP contribution in [0.25, 0.3) is 33.5 Å². The molecule has 12 heteroatoms. The van der Waals surface area contributed by atoms with Crippen molar-refractivity contribution in [2.75, 3.05) is 42.9 Å². The molecule has 5 aromatic rings. The third-order valence-corrected chi connectivity index (χ3v) is 10.4. The van der Waals surface area contributed by atoms with Crippen molar-refractivity contribution in [1.82, 2.24) is 34.9 Å². The van der Waals surface area contributed by atoms with Gasteiger partial charge in [0.25, 0.3) is 0 Å². The average molecular weight is 646 g/mol. The summed E-state index contributed by atoms with van der Waals surface area (Å²) < 4.78 is 13.4. The molecule has 2 bridgehead atoms. The van der Waals surface area contributed by atoms with Crippen LogP contribution in [0.5, 0.6) is 0 Å². The van der Waals surface area contributed by atoms with Gasteiger partial charge in [-0.05, 0) is 86.5 Å². The maximum atomic E-state index is 13.8. The Morgan fingerprint density at radius 1 is 1.00 bits per heavy atom.